The molecule has 1 aliphatic rings. The zero-order valence-corrected chi connectivity index (χ0v) is 12.1. The van der Waals surface area contributed by atoms with Crippen LogP contribution in [0.25, 0.3) is 0 Å². The Morgan fingerprint density at radius 3 is 2.47 bits per heavy atom. The maximum absolute atomic E-state index is 12.0. The Balaban J connectivity index is 2.31. The number of rotatable bonds is 7. The van der Waals surface area contributed by atoms with E-state index in [0.29, 0.717) is 12.5 Å². The van der Waals surface area contributed by atoms with Gasteiger partial charge in [-0.2, -0.15) is 0 Å². The summed E-state index contributed by atoms with van der Waals surface area (Å²) < 4.78 is 15.6. The fourth-order valence-corrected chi connectivity index (χ4v) is 1.84. The van der Waals surface area contributed by atoms with Crippen LogP contribution in [0.15, 0.2) is 0 Å². The Morgan fingerprint density at radius 1 is 1.26 bits per heavy atom. The molecule has 1 fully saturated rings. The van der Waals surface area contributed by atoms with E-state index in [0.717, 1.165) is 26.1 Å². The molecule has 110 valence electrons. The predicted octanol–water partition coefficient (Wildman–Crippen LogP) is 1.59. The number of ketones is 1. The van der Waals surface area contributed by atoms with Crippen molar-refractivity contribution < 1.29 is 23.8 Å². The Bertz CT molecular complexity index is 305. The molecule has 0 aliphatic carbocycles. The van der Waals surface area contributed by atoms with Gasteiger partial charge in [-0.1, -0.05) is 0 Å². The summed E-state index contributed by atoms with van der Waals surface area (Å²) in [5, 5.41) is 0. The van der Waals surface area contributed by atoms with Crippen molar-refractivity contribution in [2.45, 2.75) is 33.6 Å². The summed E-state index contributed by atoms with van der Waals surface area (Å²) in [6.07, 6.45) is 1.94. The molecule has 0 atom stereocenters. The first-order valence-corrected chi connectivity index (χ1v) is 6.84. The molecular formula is C14H24O5. The summed E-state index contributed by atoms with van der Waals surface area (Å²) in [5.74, 6) is -0.278. The van der Waals surface area contributed by atoms with Crippen molar-refractivity contribution in [1.29, 1.82) is 0 Å². The van der Waals surface area contributed by atoms with Crippen LogP contribution in [0.4, 0.5) is 0 Å². The lowest BCUT2D eigenvalue weighted by Crippen LogP contribution is -2.38. The predicted molar refractivity (Wildman–Crippen MR) is 69.8 cm³/mol. The van der Waals surface area contributed by atoms with Gasteiger partial charge in [-0.3, -0.25) is 9.59 Å². The number of carbonyl (C=O) groups excluding carboxylic acids is 2. The SMILES string of the molecule is CCOC(=O)C(C)(C)C(=O)COCC1CCOCC1. The zero-order chi connectivity index (χ0) is 14.3. The van der Waals surface area contributed by atoms with Gasteiger partial charge >= 0.3 is 5.97 Å². The number of esters is 1. The molecule has 1 rings (SSSR count). The maximum Gasteiger partial charge on any atom is 0.319 e. The summed E-state index contributed by atoms with van der Waals surface area (Å²) in [6, 6.07) is 0. The third kappa shape index (κ3) is 4.91. The van der Waals surface area contributed by atoms with E-state index in [1.807, 2.05) is 0 Å². The molecule has 0 saturated carbocycles. The highest BCUT2D eigenvalue weighted by molar-refractivity contribution is 6.03. The van der Waals surface area contributed by atoms with Crippen molar-refractivity contribution in [3.63, 3.8) is 0 Å². The van der Waals surface area contributed by atoms with Gasteiger partial charge in [-0.15, -0.1) is 0 Å². The van der Waals surface area contributed by atoms with Crippen LogP contribution in [-0.4, -0.2) is 44.8 Å². The molecule has 0 aromatic carbocycles. The summed E-state index contributed by atoms with van der Waals surface area (Å²) in [4.78, 5) is 23.6. The van der Waals surface area contributed by atoms with Crippen LogP contribution in [0.5, 0.6) is 0 Å². The molecule has 0 aromatic heterocycles. The molecule has 1 saturated heterocycles. The van der Waals surface area contributed by atoms with Crippen LogP contribution in [0.3, 0.4) is 0 Å². The lowest BCUT2D eigenvalue weighted by molar-refractivity contribution is -0.159. The smallest absolute Gasteiger partial charge is 0.319 e. The van der Waals surface area contributed by atoms with E-state index in [4.69, 9.17) is 14.2 Å². The first kappa shape index (κ1) is 16.1. The largest absolute Gasteiger partial charge is 0.465 e. The molecule has 5 nitrogen and oxygen atoms in total. The average molecular weight is 272 g/mol. The molecule has 0 N–H and O–H groups in total. The van der Waals surface area contributed by atoms with E-state index in [1.165, 1.54) is 0 Å². The summed E-state index contributed by atoms with van der Waals surface area (Å²) in [7, 11) is 0. The maximum atomic E-state index is 12.0. The molecule has 1 heterocycles. The van der Waals surface area contributed by atoms with Crippen LogP contribution in [0.1, 0.15) is 33.6 Å². The number of hydrogen-bond donors (Lipinski definition) is 0. The first-order valence-electron chi connectivity index (χ1n) is 6.84. The molecule has 19 heavy (non-hydrogen) atoms. The van der Waals surface area contributed by atoms with Gasteiger partial charge < -0.3 is 14.2 Å². The third-order valence-corrected chi connectivity index (χ3v) is 3.41. The van der Waals surface area contributed by atoms with Crippen molar-refractivity contribution in [3.8, 4) is 0 Å². The highest BCUT2D eigenvalue weighted by Gasteiger charge is 2.37. The summed E-state index contributed by atoms with van der Waals surface area (Å²) >= 11 is 0. The molecule has 0 radical (unpaired) electrons. The van der Waals surface area contributed by atoms with Crippen LogP contribution >= 0.6 is 0 Å². The number of hydrogen-bond acceptors (Lipinski definition) is 5. The molecule has 0 spiro atoms. The number of Topliss-reactive ketones (excluding diaryl/α,β-unsaturated/α-hetero) is 1. The monoisotopic (exact) mass is 272 g/mol. The summed E-state index contributed by atoms with van der Waals surface area (Å²) in [6.45, 7) is 7.18. The van der Waals surface area contributed by atoms with Gasteiger partial charge in [0, 0.05) is 13.2 Å². The van der Waals surface area contributed by atoms with Crippen molar-refractivity contribution >= 4 is 11.8 Å². The Labute approximate surface area is 114 Å². The average Bonchev–Trinajstić information content (AvgIpc) is 2.40. The van der Waals surface area contributed by atoms with E-state index in [2.05, 4.69) is 0 Å². The van der Waals surface area contributed by atoms with Gasteiger partial charge in [0.25, 0.3) is 0 Å². The molecule has 0 amide bonds. The Morgan fingerprint density at radius 2 is 1.89 bits per heavy atom. The van der Waals surface area contributed by atoms with E-state index in [-0.39, 0.29) is 19.0 Å². The fourth-order valence-electron chi connectivity index (χ4n) is 1.84. The minimum absolute atomic E-state index is 0.0385. The second-order valence-electron chi connectivity index (χ2n) is 5.34. The first-order chi connectivity index (χ1) is 8.98. The van der Waals surface area contributed by atoms with Crippen molar-refractivity contribution in [1.82, 2.24) is 0 Å². The Kier molecular flexibility index (Phi) is 6.45. The zero-order valence-electron chi connectivity index (χ0n) is 12.1. The third-order valence-electron chi connectivity index (χ3n) is 3.41. The van der Waals surface area contributed by atoms with Gasteiger partial charge in [-0.25, -0.2) is 0 Å². The van der Waals surface area contributed by atoms with Gasteiger partial charge in [0.05, 0.1) is 13.2 Å². The molecule has 0 aromatic rings. The van der Waals surface area contributed by atoms with E-state index >= 15 is 0 Å². The topological polar surface area (TPSA) is 61.8 Å². The van der Waals surface area contributed by atoms with E-state index in [9.17, 15) is 9.59 Å². The molecular weight excluding hydrogens is 248 g/mol. The minimum atomic E-state index is -1.13. The number of carbonyl (C=O) groups is 2. The molecule has 5 heteroatoms. The summed E-state index contributed by atoms with van der Waals surface area (Å²) in [5.41, 5.74) is -1.13. The molecule has 0 unspecified atom stereocenters. The van der Waals surface area contributed by atoms with E-state index < -0.39 is 11.4 Å². The lowest BCUT2D eigenvalue weighted by Gasteiger charge is -2.23. The van der Waals surface area contributed by atoms with Crippen LogP contribution < -0.4 is 0 Å². The highest BCUT2D eigenvalue weighted by atomic mass is 16.5. The minimum Gasteiger partial charge on any atom is -0.465 e. The van der Waals surface area contributed by atoms with E-state index in [1.54, 1.807) is 20.8 Å². The van der Waals surface area contributed by atoms with Crippen LogP contribution in [0.2, 0.25) is 0 Å². The normalized spacial score (nSPS) is 17.2. The Hall–Kier alpha value is -0.940. The fraction of sp³-hybridized carbons (Fsp3) is 0.857. The van der Waals surface area contributed by atoms with Gasteiger partial charge in [0.1, 0.15) is 12.0 Å². The standard InChI is InChI=1S/C14H24O5/c1-4-19-13(16)14(2,3)12(15)10-18-9-11-5-7-17-8-6-11/h11H,4-10H2,1-3H3. The highest BCUT2D eigenvalue weighted by Crippen LogP contribution is 2.20. The second-order valence-corrected chi connectivity index (χ2v) is 5.34. The lowest BCUT2D eigenvalue weighted by atomic mass is 9.88. The van der Waals surface area contributed by atoms with Gasteiger partial charge in [0.15, 0.2) is 5.78 Å². The van der Waals surface area contributed by atoms with Crippen LogP contribution in [0, 0.1) is 11.3 Å². The number of ether oxygens (including phenoxy) is 3. The molecule has 0 bridgehead atoms. The van der Waals surface area contributed by atoms with Gasteiger partial charge in [-0.05, 0) is 39.5 Å². The van der Waals surface area contributed by atoms with Crippen LogP contribution in [-0.2, 0) is 23.8 Å². The van der Waals surface area contributed by atoms with Crippen molar-refractivity contribution in [2.75, 3.05) is 33.0 Å². The van der Waals surface area contributed by atoms with Gasteiger partial charge in [0.2, 0.25) is 0 Å². The molecule has 1 aliphatic heterocycles. The van der Waals surface area contributed by atoms with Crippen molar-refractivity contribution in [3.05, 3.63) is 0 Å². The second kappa shape index (κ2) is 7.60. The quantitative estimate of drug-likeness (QED) is 0.520. The van der Waals surface area contributed by atoms with Crippen molar-refractivity contribution in [2.24, 2.45) is 11.3 Å².